The van der Waals surface area contributed by atoms with Crippen molar-refractivity contribution in [3.05, 3.63) is 47.5 Å². The summed E-state index contributed by atoms with van der Waals surface area (Å²) < 4.78 is 0. The van der Waals surface area contributed by atoms with Gasteiger partial charge < -0.3 is 0 Å². The molecule has 0 aliphatic heterocycles. The van der Waals surface area contributed by atoms with Crippen molar-refractivity contribution in [1.29, 1.82) is 0 Å². The normalized spacial score (nSPS) is 15.7. The Morgan fingerprint density at radius 3 is 2.86 bits per heavy atom. The number of allylic oxidation sites excluding steroid dienone is 1. The monoisotopic (exact) mass is 186 g/mol. The maximum absolute atomic E-state index is 3.83. The summed E-state index contributed by atoms with van der Waals surface area (Å²) in [4.78, 5) is 0. The van der Waals surface area contributed by atoms with Crippen molar-refractivity contribution in [2.24, 2.45) is 0 Å². The van der Waals surface area contributed by atoms with Crippen molar-refractivity contribution < 1.29 is 0 Å². The third-order valence-corrected chi connectivity index (χ3v) is 3.11. The minimum Gasteiger partial charge on any atom is -0.103 e. The largest absolute Gasteiger partial charge is 0.103 e. The minimum absolute atomic E-state index is 1.03. The standard InChI is InChI=1S/C14H18/c1-2-7-12-9-6-10-13-8-4-3-5-11-14(12)13/h2,6,9-10H,1,3-5,7-8,11H2. The van der Waals surface area contributed by atoms with Crippen LogP contribution in [0.15, 0.2) is 30.9 Å². The first-order chi connectivity index (χ1) is 6.92. The molecule has 0 heteroatoms. The van der Waals surface area contributed by atoms with E-state index in [0.717, 1.165) is 6.42 Å². The van der Waals surface area contributed by atoms with Gasteiger partial charge in [-0.3, -0.25) is 0 Å². The van der Waals surface area contributed by atoms with Gasteiger partial charge in [-0.1, -0.05) is 30.7 Å². The van der Waals surface area contributed by atoms with Gasteiger partial charge in [0.2, 0.25) is 0 Å². The lowest BCUT2D eigenvalue weighted by Gasteiger charge is -2.10. The highest BCUT2D eigenvalue weighted by molar-refractivity contribution is 5.37. The summed E-state index contributed by atoms with van der Waals surface area (Å²) in [6, 6.07) is 6.75. The van der Waals surface area contributed by atoms with Gasteiger partial charge in [0, 0.05) is 0 Å². The highest BCUT2D eigenvalue weighted by Gasteiger charge is 2.10. The average molecular weight is 186 g/mol. The van der Waals surface area contributed by atoms with Gasteiger partial charge in [0.15, 0.2) is 0 Å². The predicted octanol–water partition coefficient (Wildman–Crippen LogP) is 3.68. The molecule has 1 aromatic rings. The summed E-state index contributed by atoms with van der Waals surface area (Å²) in [5, 5.41) is 0. The summed E-state index contributed by atoms with van der Waals surface area (Å²) >= 11 is 0. The highest BCUT2D eigenvalue weighted by atomic mass is 14.1. The first-order valence-electron chi connectivity index (χ1n) is 5.62. The van der Waals surface area contributed by atoms with Gasteiger partial charge in [-0.05, 0) is 48.8 Å². The van der Waals surface area contributed by atoms with E-state index >= 15 is 0 Å². The predicted molar refractivity (Wildman–Crippen MR) is 61.6 cm³/mol. The molecule has 1 aliphatic carbocycles. The van der Waals surface area contributed by atoms with E-state index < -0.39 is 0 Å². The lowest BCUT2D eigenvalue weighted by molar-refractivity contribution is 0.711. The fourth-order valence-electron chi connectivity index (χ4n) is 2.38. The van der Waals surface area contributed by atoms with Crippen LogP contribution in [0.1, 0.15) is 36.0 Å². The zero-order valence-electron chi connectivity index (χ0n) is 8.76. The van der Waals surface area contributed by atoms with Gasteiger partial charge in [0.05, 0.1) is 0 Å². The third-order valence-electron chi connectivity index (χ3n) is 3.11. The van der Waals surface area contributed by atoms with Crippen molar-refractivity contribution >= 4 is 0 Å². The van der Waals surface area contributed by atoms with Crippen LogP contribution in [0.3, 0.4) is 0 Å². The van der Waals surface area contributed by atoms with Crippen LogP contribution in [0, 0.1) is 0 Å². The molecule has 1 aliphatic rings. The fourth-order valence-corrected chi connectivity index (χ4v) is 2.38. The lowest BCUT2D eigenvalue weighted by atomic mass is 9.95. The lowest BCUT2D eigenvalue weighted by Crippen LogP contribution is -1.97. The van der Waals surface area contributed by atoms with Crippen LogP contribution in [0.2, 0.25) is 0 Å². The van der Waals surface area contributed by atoms with E-state index in [0.29, 0.717) is 0 Å². The second-order valence-electron chi connectivity index (χ2n) is 4.11. The minimum atomic E-state index is 1.03. The Morgan fingerprint density at radius 1 is 1.14 bits per heavy atom. The number of rotatable bonds is 2. The SMILES string of the molecule is C=CCc1cccc2c1CCCCC2. The van der Waals surface area contributed by atoms with Gasteiger partial charge in [-0.25, -0.2) is 0 Å². The van der Waals surface area contributed by atoms with E-state index in [4.69, 9.17) is 0 Å². The van der Waals surface area contributed by atoms with Gasteiger partial charge in [-0.2, -0.15) is 0 Å². The molecule has 0 radical (unpaired) electrons. The number of hydrogen-bond donors (Lipinski definition) is 0. The van der Waals surface area contributed by atoms with Crippen LogP contribution < -0.4 is 0 Å². The van der Waals surface area contributed by atoms with Crippen LogP contribution in [0.4, 0.5) is 0 Å². The summed E-state index contributed by atoms with van der Waals surface area (Å²) in [5.41, 5.74) is 4.70. The molecular weight excluding hydrogens is 168 g/mol. The molecule has 0 heterocycles. The van der Waals surface area contributed by atoms with Crippen molar-refractivity contribution in [3.8, 4) is 0 Å². The molecule has 0 saturated heterocycles. The summed E-state index contributed by atoms with van der Waals surface area (Å²) in [7, 11) is 0. The summed E-state index contributed by atoms with van der Waals surface area (Å²) in [5.74, 6) is 0. The Labute approximate surface area is 86.7 Å². The summed E-state index contributed by atoms with van der Waals surface area (Å²) in [6.45, 7) is 3.83. The second kappa shape index (κ2) is 4.45. The van der Waals surface area contributed by atoms with E-state index in [1.807, 2.05) is 6.08 Å². The molecule has 0 nitrogen and oxygen atoms in total. The van der Waals surface area contributed by atoms with Crippen LogP contribution in [-0.2, 0) is 19.3 Å². The first kappa shape index (κ1) is 9.51. The smallest absolute Gasteiger partial charge is 0.00973 e. The maximum Gasteiger partial charge on any atom is -0.00973 e. The van der Waals surface area contributed by atoms with Crippen molar-refractivity contribution in [1.82, 2.24) is 0 Å². The van der Waals surface area contributed by atoms with Gasteiger partial charge >= 0.3 is 0 Å². The Hall–Kier alpha value is -1.04. The van der Waals surface area contributed by atoms with E-state index in [1.54, 1.807) is 11.1 Å². The van der Waals surface area contributed by atoms with Gasteiger partial charge in [0.1, 0.15) is 0 Å². The zero-order chi connectivity index (χ0) is 9.80. The summed E-state index contributed by atoms with van der Waals surface area (Å²) in [6.07, 6.45) is 9.72. The van der Waals surface area contributed by atoms with Crippen molar-refractivity contribution in [2.45, 2.75) is 38.5 Å². The Balaban J connectivity index is 2.37. The molecular formula is C14H18. The van der Waals surface area contributed by atoms with Crippen LogP contribution >= 0.6 is 0 Å². The Bertz CT molecular complexity index is 323. The van der Waals surface area contributed by atoms with Crippen LogP contribution in [0.25, 0.3) is 0 Å². The number of fused-ring (bicyclic) bond motifs is 1. The van der Waals surface area contributed by atoms with E-state index in [1.165, 1.54) is 37.7 Å². The van der Waals surface area contributed by atoms with Crippen molar-refractivity contribution in [3.63, 3.8) is 0 Å². The topological polar surface area (TPSA) is 0 Å². The van der Waals surface area contributed by atoms with E-state index in [-0.39, 0.29) is 0 Å². The molecule has 0 bridgehead atoms. The quantitative estimate of drug-likeness (QED) is 0.488. The average Bonchev–Trinajstić information content (AvgIpc) is 2.44. The maximum atomic E-state index is 3.83. The fraction of sp³-hybridized carbons (Fsp3) is 0.429. The molecule has 0 atom stereocenters. The molecule has 0 spiro atoms. The Kier molecular flexibility index (Phi) is 3.03. The molecule has 2 rings (SSSR count). The molecule has 74 valence electrons. The number of benzene rings is 1. The molecule has 1 aromatic carbocycles. The molecule has 14 heavy (non-hydrogen) atoms. The molecule has 0 aromatic heterocycles. The number of hydrogen-bond acceptors (Lipinski definition) is 0. The second-order valence-corrected chi connectivity index (χ2v) is 4.11. The molecule has 0 fully saturated rings. The van der Waals surface area contributed by atoms with Crippen LogP contribution in [0.5, 0.6) is 0 Å². The molecule has 0 saturated carbocycles. The van der Waals surface area contributed by atoms with E-state index in [2.05, 4.69) is 24.8 Å². The molecule has 0 unspecified atom stereocenters. The highest BCUT2D eigenvalue weighted by Crippen LogP contribution is 2.24. The Morgan fingerprint density at radius 2 is 2.00 bits per heavy atom. The van der Waals surface area contributed by atoms with Crippen molar-refractivity contribution in [2.75, 3.05) is 0 Å². The molecule has 0 N–H and O–H groups in total. The van der Waals surface area contributed by atoms with E-state index in [9.17, 15) is 0 Å². The third kappa shape index (κ3) is 1.89. The van der Waals surface area contributed by atoms with Gasteiger partial charge in [-0.15, -0.1) is 6.58 Å². The zero-order valence-corrected chi connectivity index (χ0v) is 8.76. The first-order valence-corrected chi connectivity index (χ1v) is 5.62. The van der Waals surface area contributed by atoms with Gasteiger partial charge in [0.25, 0.3) is 0 Å². The number of aryl methyl sites for hydroxylation is 1. The molecule has 0 amide bonds. The van der Waals surface area contributed by atoms with Crippen LogP contribution in [-0.4, -0.2) is 0 Å².